The third-order valence-electron chi connectivity index (χ3n) is 5.43. The number of hydrogen-bond donors (Lipinski definition) is 1. The van der Waals surface area contributed by atoms with E-state index in [0.717, 1.165) is 24.3 Å². The number of urea groups is 1. The van der Waals surface area contributed by atoms with Crippen molar-refractivity contribution in [2.75, 3.05) is 25.1 Å². The van der Waals surface area contributed by atoms with Crippen LogP contribution in [0, 0.1) is 0 Å². The number of benzene rings is 1. The number of nitrogens with one attached hydrogen (secondary N) is 1. The van der Waals surface area contributed by atoms with Crippen LogP contribution in [-0.2, 0) is 4.79 Å². The fraction of sp³-hybridized carbons (Fsp3) is 0.600. The minimum Gasteiger partial charge on any atom is -0.497 e. The van der Waals surface area contributed by atoms with Crippen LogP contribution in [-0.4, -0.2) is 49.1 Å². The van der Waals surface area contributed by atoms with Gasteiger partial charge in [0.05, 0.1) is 13.2 Å². The highest BCUT2D eigenvalue weighted by atomic mass is 16.5. The molecule has 1 aliphatic carbocycles. The Morgan fingerprint density at radius 3 is 2.77 bits per heavy atom. The smallest absolute Gasteiger partial charge is 0.317 e. The van der Waals surface area contributed by atoms with Crippen LogP contribution in [0.5, 0.6) is 5.75 Å². The fourth-order valence-corrected chi connectivity index (χ4v) is 4.05. The molecule has 0 bridgehead atoms. The average Bonchev–Trinajstić information content (AvgIpc) is 3.03. The molecule has 3 rings (SSSR count). The Hall–Kier alpha value is -2.24. The van der Waals surface area contributed by atoms with Crippen molar-refractivity contribution in [2.45, 2.75) is 57.5 Å². The molecule has 1 saturated carbocycles. The molecule has 1 aromatic rings. The summed E-state index contributed by atoms with van der Waals surface area (Å²) in [4.78, 5) is 28.8. The maximum atomic E-state index is 12.7. The predicted octanol–water partition coefficient (Wildman–Crippen LogP) is 3.16. The molecule has 0 unspecified atom stereocenters. The zero-order valence-corrected chi connectivity index (χ0v) is 15.7. The van der Waals surface area contributed by atoms with Crippen LogP contribution in [0.2, 0.25) is 0 Å². The van der Waals surface area contributed by atoms with Crippen molar-refractivity contribution in [3.63, 3.8) is 0 Å². The second kappa shape index (κ2) is 8.43. The molecule has 1 saturated heterocycles. The standard InChI is InChI=1S/C20H29N3O3/c1-3-22(16-8-5-4-6-9-16)20(25)21-15-12-19(24)23(14-15)17-10-7-11-18(13-17)26-2/h7,10-11,13,15-16H,3-6,8-9,12,14H2,1-2H3,(H,21,25)/t15-/m0/s1. The molecule has 0 aromatic heterocycles. The Kier molecular flexibility index (Phi) is 6.01. The van der Waals surface area contributed by atoms with Crippen LogP contribution >= 0.6 is 0 Å². The van der Waals surface area contributed by atoms with E-state index in [2.05, 4.69) is 5.32 Å². The Morgan fingerprint density at radius 1 is 1.31 bits per heavy atom. The molecule has 2 fully saturated rings. The van der Waals surface area contributed by atoms with Crippen LogP contribution in [0.25, 0.3) is 0 Å². The molecule has 1 heterocycles. The molecule has 1 aromatic carbocycles. The molecule has 3 amide bonds. The van der Waals surface area contributed by atoms with Gasteiger partial charge < -0.3 is 19.9 Å². The molecular weight excluding hydrogens is 330 g/mol. The topological polar surface area (TPSA) is 61.9 Å². The Balaban J connectivity index is 1.61. The molecule has 1 aliphatic heterocycles. The van der Waals surface area contributed by atoms with Gasteiger partial charge in [-0.25, -0.2) is 4.79 Å². The van der Waals surface area contributed by atoms with Gasteiger partial charge in [0.2, 0.25) is 5.91 Å². The summed E-state index contributed by atoms with van der Waals surface area (Å²) in [5.41, 5.74) is 0.811. The SMILES string of the molecule is CCN(C(=O)N[C@H]1CC(=O)N(c2cccc(OC)c2)C1)C1CCCCC1. The number of rotatable bonds is 5. The first-order valence-corrected chi connectivity index (χ1v) is 9.64. The number of ether oxygens (including phenoxy) is 1. The zero-order chi connectivity index (χ0) is 18.5. The molecular formula is C20H29N3O3. The van der Waals surface area contributed by atoms with E-state index in [1.54, 1.807) is 12.0 Å². The number of hydrogen-bond acceptors (Lipinski definition) is 3. The van der Waals surface area contributed by atoms with Crippen LogP contribution in [0.4, 0.5) is 10.5 Å². The normalized spacial score (nSPS) is 20.9. The Bertz CT molecular complexity index is 643. The Labute approximate surface area is 155 Å². The van der Waals surface area contributed by atoms with E-state index in [1.807, 2.05) is 36.1 Å². The third-order valence-corrected chi connectivity index (χ3v) is 5.43. The van der Waals surface area contributed by atoms with Gasteiger partial charge in [0.25, 0.3) is 0 Å². The van der Waals surface area contributed by atoms with E-state index in [-0.39, 0.29) is 18.0 Å². The van der Waals surface area contributed by atoms with Crippen LogP contribution in [0.3, 0.4) is 0 Å². The van der Waals surface area contributed by atoms with Crippen LogP contribution in [0.15, 0.2) is 24.3 Å². The van der Waals surface area contributed by atoms with E-state index in [1.165, 1.54) is 19.3 Å². The van der Waals surface area contributed by atoms with Crippen LogP contribution < -0.4 is 15.0 Å². The van der Waals surface area contributed by atoms with Gasteiger partial charge in [-0.05, 0) is 31.9 Å². The summed E-state index contributed by atoms with van der Waals surface area (Å²) >= 11 is 0. The second-order valence-corrected chi connectivity index (χ2v) is 7.13. The minimum absolute atomic E-state index is 0.0317. The van der Waals surface area contributed by atoms with Gasteiger partial charge in [0.15, 0.2) is 0 Å². The lowest BCUT2D eigenvalue weighted by molar-refractivity contribution is -0.117. The second-order valence-electron chi connectivity index (χ2n) is 7.13. The molecule has 6 heteroatoms. The number of carbonyl (C=O) groups excluding carboxylic acids is 2. The van der Waals surface area contributed by atoms with Gasteiger partial charge in [-0.1, -0.05) is 25.3 Å². The molecule has 26 heavy (non-hydrogen) atoms. The number of anilines is 1. The first-order chi connectivity index (χ1) is 12.6. The summed E-state index contributed by atoms with van der Waals surface area (Å²) in [7, 11) is 1.61. The third kappa shape index (κ3) is 4.11. The summed E-state index contributed by atoms with van der Waals surface area (Å²) in [5.74, 6) is 0.751. The van der Waals surface area contributed by atoms with E-state index in [9.17, 15) is 9.59 Å². The first kappa shape index (κ1) is 18.5. The molecule has 1 atom stereocenters. The van der Waals surface area contributed by atoms with Gasteiger partial charge in [0.1, 0.15) is 5.75 Å². The van der Waals surface area contributed by atoms with Crippen LogP contribution in [0.1, 0.15) is 45.4 Å². The molecule has 6 nitrogen and oxygen atoms in total. The number of carbonyl (C=O) groups is 2. The summed E-state index contributed by atoms with van der Waals surface area (Å²) in [5, 5.41) is 3.08. The summed E-state index contributed by atoms with van der Waals surface area (Å²) in [6, 6.07) is 7.61. The van der Waals surface area contributed by atoms with Crippen molar-refractivity contribution in [2.24, 2.45) is 0 Å². The summed E-state index contributed by atoms with van der Waals surface area (Å²) < 4.78 is 5.24. The highest BCUT2D eigenvalue weighted by Gasteiger charge is 2.33. The number of amides is 3. The minimum atomic E-state index is -0.154. The maximum absolute atomic E-state index is 12.7. The molecule has 1 N–H and O–H groups in total. The molecule has 142 valence electrons. The first-order valence-electron chi connectivity index (χ1n) is 9.64. The zero-order valence-electron chi connectivity index (χ0n) is 15.7. The monoisotopic (exact) mass is 359 g/mol. The highest BCUT2D eigenvalue weighted by Crippen LogP contribution is 2.26. The van der Waals surface area contributed by atoms with Crippen molar-refractivity contribution in [1.82, 2.24) is 10.2 Å². The van der Waals surface area contributed by atoms with Crippen molar-refractivity contribution in [3.05, 3.63) is 24.3 Å². The van der Waals surface area contributed by atoms with E-state index in [4.69, 9.17) is 4.74 Å². The molecule has 0 radical (unpaired) electrons. The summed E-state index contributed by atoms with van der Waals surface area (Å²) in [6.45, 7) is 3.23. The predicted molar refractivity (Wildman–Crippen MR) is 102 cm³/mol. The van der Waals surface area contributed by atoms with Crippen molar-refractivity contribution in [3.8, 4) is 5.75 Å². The van der Waals surface area contributed by atoms with Crippen molar-refractivity contribution >= 4 is 17.6 Å². The molecule has 2 aliphatic rings. The number of methoxy groups -OCH3 is 1. The van der Waals surface area contributed by atoms with Gasteiger partial charge in [-0.15, -0.1) is 0 Å². The Morgan fingerprint density at radius 2 is 2.08 bits per heavy atom. The van der Waals surface area contributed by atoms with Crippen molar-refractivity contribution in [1.29, 1.82) is 0 Å². The van der Waals surface area contributed by atoms with Gasteiger partial charge >= 0.3 is 6.03 Å². The van der Waals surface area contributed by atoms with Gasteiger partial charge in [-0.2, -0.15) is 0 Å². The van der Waals surface area contributed by atoms with E-state index >= 15 is 0 Å². The van der Waals surface area contributed by atoms with E-state index < -0.39 is 0 Å². The quantitative estimate of drug-likeness (QED) is 0.878. The lowest BCUT2D eigenvalue weighted by atomic mass is 9.94. The molecule has 0 spiro atoms. The largest absolute Gasteiger partial charge is 0.497 e. The van der Waals surface area contributed by atoms with E-state index in [0.29, 0.717) is 25.6 Å². The van der Waals surface area contributed by atoms with Gasteiger partial charge in [-0.3, -0.25) is 4.79 Å². The summed E-state index contributed by atoms with van der Waals surface area (Å²) in [6.07, 6.45) is 6.16. The highest BCUT2D eigenvalue weighted by molar-refractivity contribution is 5.97. The average molecular weight is 359 g/mol. The fourth-order valence-electron chi connectivity index (χ4n) is 4.05. The lowest BCUT2D eigenvalue weighted by Crippen LogP contribution is -2.50. The van der Waals surface area contributed by atoms with Gasteiger partial charge in [0, 0.05) is 37.3 Å². The lowest BCUT2D eigenvalue weighted by Gasteiger charge is -2.34. The maximum Gasteiger partial charge on any atom is 0.317 e. The van der Waals surface area contributed by atoms with Crippen molar-refractivity contribution < 1.29 is 14.3 Å². The number of nitrogens with zero attached hydrogens (tertiary/aromatic N) is 2.